The van der Waals surface area contributed by atoms with Gasteiger partial charge in [0.1, 0.15) is 5.69 Å². The second-order valence-corrected chi connectivity index (χ2v) is 7.79. The molecule has 138 valence electrons. The van der Waals surface area contributed by atoms with Crippen molar-refractivity contribution in [3.05, 3.63) is 40.3 Å². The zero-order valence-corrected chi connectivity index (χ0v) is 16.0. The van der Waals surface area contributed by atoms with Crippen LogP contribution in [-0.2, 0) is 0 Å². The van der Waals surface area contributed by atoms with Gasteiger partial charge in [-0.05, 0) is 69.8 Å². The van der Waals surface area contributed by atoms with E-state index in [-0.39, 0.29) is 5.91 Å². The smallest absolute Gasteiger partial charge is 0.274 e. The van der Waals surface area contributed by atoms with Crippen molar-refractivity contribution in [1.82, 2.24) is 25.0 Å². The van der Waals surface area contributed by atoms with Gasteiger partial charge in [-0.2, -0.15) is 5.10 Å². The second kappa shape index (κ2) is 7.00. The summed E-state index contributed by atoms with van der Waals surface area (Å²) in [4.78, 5) is 19.6. The van der Waals surface area contributed by atoms with Crippen molar-refractivity contribution in [3.8, 4) is 5.82 Å². The molecule has 4 heterocycles. The number of hydrogen-bond acceptors (Lipinski definition) is 4. The third-order valence-corrected chi connectivity index (χ3v) is 5.87. The molecule has 4 rings (SSSR count). The number of carbonyl (C=O) groups excluding carboxylic acids is 1. The van der Waals surface area contributed by atoms with E-state index in [2.05, 4.69) is 15.4 Å². The quantitative estimate of drug-likeness (QED) is 0.878. The van der Waals surface area contributed by atoms with Crippen LogP contribution in [0, 0.1) is 25.7 Å². The third-order valence-electron chi connectivity index (χ3n) is 5.57. The highest BCUT2D eigenvalue weighted by molar-refractivity contribution is 6.33. The minimum Gasteiger partial charge on any atom is -0.337 e. The molecular formula is C19H24ClN5O. The topological polar surface area (TPSA) is 63.1 Å². The van der Waals surface area contributed by atoms with Crippen LogP contribution >= 0.6 is 11.6 Å². The predicted molar refractivity (Wildman–Crippen MR) is 101 cm³/mol. The predicted octanol–water partition coefficient (Wildman–Crippen LogP) is 2.61. The van der Waals surface area contributed by atoms with Crippen molar-refractivity contribution < 1.29 is 4.79 Å². The number of likely N-dealkylation sites (tertiary alicyclic amines) is 1. The summed E-state index contributed by atoms with van der Waals surface area (Å²) in [6.45, 7) is 7.58. The number of halogens is 1. The second-order valence-electron chi connectivity index (χ2n) is 7.39. The van der Waals surface area contributed by atoms with Crippen LogP contribution in [0.15, 0.2) is 18.2 Å². The van der Waals surface area contributed by atoms with E-state index in [0.717, 1.165) is 50.4 Å². The van der Waals surface area contributed by atoms with Gasteiger partial charge in [-0.3, -0.25) is 4.79 Å². The Bertz CT molecular complexity index is 819. The normalized spacial score (nSPS) is 23.0. The summed E-state index contributed by atoms with van der Waals surface area (Å²) in [5.41, 5.74) is 2.22. The van der Waals surface area contributed by atoms with Gasteiger partial charge in [-0.25, -0.2) is 9.67 Å². The van der Waals surface area contributed by atoms with Crippen LogP contribution in [0.4, 0.5) is 0 Å². The van der Waals surface area contributed by atoms with Gasteiger partial charge in [0, 0.05) is 18.8 Å². The lowest BCUT2D eigenvalue weighted by Crippen LogP contribution is -2.33. The standard InChI is InChI=1S/C19H24ClN5O/c1-12-9-13(2)25(23-12)17-4-3-16(20)18(22-17)19(26)24-7-5-14-10-21-11-15(14)6-8-24/h3-4,9,14-15,21H,5-8,10-11H2,1-2H3/t14-,15+. The van der Waals surface area contributed by atoms with Crippen LogP contribution in [0.2, 0.25) is 5.02 Å². The largest absolute Gasteiger partial charge is 0.337 e. The molecule has 1 amide bonds. The fourth-order valence-corrected chi connectivity index (χ4v) is 4.32. The average molecular weight is 374 g/mol. The summed E-state index contributed by atoms with van der Waals surface area (Å²) in [5.74, 6) is 1.90. The van der Waals surface area contributed by atoms with E-state index in [1.807, 2.05) is 24.8 Å². The number of hydrogen-bond donors (Lipinski definition) is 1. The maximum atomic E-state index is 13.1. The number of rotatable bonds is 2. The van der Waals surface area contributed by atoms with E-state index < -0.39 is 0 Å². The molecule has 0 unspecified atom stereocenters. The number of fused-ring (bicyclic) bond motifs is 1. The molecule has 0 aromatic carbocycles. The Morgan fingerprint density at radius 1 is 1.19 bits per heavy atom. The van der Waals surface area contributed by atoms with Crippen molar-refractivity contribution >= 4 is 17.5 Å². The van der Waals surface area contributed by atoms with Crippen molar-refractivity contribution in [2.24, 2.45) is 11.8 Å². The zero-order chi connectivity index (χ0) is 18.3. The monoisotopic (exact) mass is 373 g/mol. The van der Waals surface area contributed by atoms with Crippen LogP contribution in [0.5, 0.6) is 0 Å². The van der Waals surface area contributed by atoms with E-state index in [4.69, 9.17) is 11.6 Å². The molecule has 2 aromatic heterocycles. The average Bonchev–Trinajstić information content (AvgIpc) is 3.15. The molecule has 2 atom stereocenters. The SMILES string of the molecule is Cc1cc(C)n(-c2ccc(Cl)c(C(=O)N3CC[C@@H]4CNC[C@@H]4CC3)n2)n1. The molecule has 2 aliphatic heterocycles. The van der Waals surface area contributed by atoms with Crippen molar-refractivity contribution in [3.63, 3.8) is 0 Å². The highest BCUT2D eigenvalue weighted by Crippen LogP contribution is 2.28. The first kappa shape index (κ1) is 17.5. The lowest BCUT2D eigenvalue weighted by Gasteiger charge is -2.21. The van der Waals surface area contributed by atoms with E-state index in [1.54, 1.807) is 16.8 Å². The van der Waals surface area contributed by atoms with E-state index in [1.165, 1.54) is 0 Å². The van der Waals surface area contributed by atoms with Gasteiger partial charge in [-0.1, -0.05) is 11.6 Å². The third kappa shape index (κ3) is 3.23. The number of amides is 1. The summed E-state index contributed by atoms with van der Waals surface area (Å²) >= 11 is 6.33. The Morgan fingerprint density at radius 3 is 2.50 bits per heavy atom. The number of aryl methyl sites for hydroxylation is 2. The first-order chi connectivity index (χ1) is 12.5. The maximum Gasteiger partial charge on any atom is 0.274 e. The lowest BCUT2D eigenvalue weighted by molar-refractivity contribution is 0.0752. The first-order valence-electron chi connectivity index (χ1n) is 9.23. The molecule has 0 spiro atoms. The molecule has 7 heteroatoms. The van der Waals surface area contributed by atoms with Gasteiger partial charge < -0.3 is 10.2 Å². The fourth-order valence-electron chi connectivity index (χ4n) is 4.13. The van der Waals surface area contributed by atoms with Crippen LogP contribution in [0.3, 0.4) is 0 Å². The summed E-state index contributed by atoms with van der Waals surface area (Å²) in [5, 5.41) is 8.31. The Kier molecular flexibility index (Phi) is 4.71. The van der Waals surface area contributed by atoms with Crippen molar-refractivity contribution in [1.29, 1.82) is 0 Å². The Morgan fingerprint density at radius 2 is 1.88 bits per heavy atom. The molecule has 26 heavy (non-hydrogen) atoms. The van der Waals surface area contributed by atoms with E-state index in [9.17, 15) is 4.79 Å². The summed E-state index contributed by atoms with van der Waals surface area (Å²) in [6, 6.07) is 5.53. The molecule has 0 radical (unpaired) electrons. The molecule has 2 aromatic rings. The highest BCUT2D eigenvalue weighted by atomic mass is 35.5. The Hall–Kier alpha value is -1.92. The van der Waals surface area contributed by atoms with Crippen LogP contribution in [0.1, 0.15) is 34.7 Å². The molecule has 6 nitrogen and oxygen atoms in total. The summed E-state index contributed by atoms with van der Waals surface area (Å²) in [6.07, 6.45) is 2.08. The molecule has 2 aliphatic rings. The molecule has 0 bridgehead atoms. The Balaban J connectivity index is 1.59. The van der Waals surface area contributed by atoms with Crippen LogP contribution < -0.4 is 5.32 Å². The molecular weight excluding hydrogens is 350 g/mol. The number of aromatic nitrogens is 3. The Labute approximate surface area is 158 Å². The molecule has 2 saturated heterocycles. The van der Waals surface area contributed by atoms with Crippen LogP contribution in [-0.4, -0.2) is 51.8 Å². The van der Waals surface area contributed by atoms with Gasteiger partial charge in [-0.15, -0.1) is 0 Å². The van der Waals surface area contributed by atoms with Crippen molar-refractivity contribution in [2.45, 2.75) is 26.7 Å². The number of nitrogens with one attached hydrogen (secondary N) is 1. The van der Waals surface area contributed by atoms with E-state index in [0.29, 0.717) is 28.4 Å². The minimum absolute atomic E-state index is 0.0775. The molecule has 2 fully saturated rings. The summed E-state index contributed by atoms with van der Waals surface area (Å²) < 4.78 is 1.75. The minimum atomic E-state index is -0.0775. The van der Waals surface area contributed by atoms with Gasteiger partial charge in [0.15, 0.2) is 5.82 Å². The number of nitrogens with zero attached hydrogens (tertiary/aromatic N) is 4. The van der Waals surface area contributed by atoms with E-state index >= 15 is 0 Å². The zero-order valence-electron chi connectivity index (χ0n) is 15.2. The highest BCUT2D eigenvalue weighted by Gasteiger charge is 2.32. The van der Waals surface area contributed by atoms with Gasteiger partial charge in [0.05, 0.1) is 10.7 Å². The van der Waals surface area contributed by atoms with Crippen LogP contribution in [0.25, 0.3) is 5.82 Å². The van der Waals surface area contributed by atoms with Crippen molar-refractivity contribution in [2.75, 3.05) is 26.2 Å². The lowest BCUT2D eigenvalue weighted by atomic mass is 9.92. The number of pyridine rings is 1. The summed E-state index contributed by atoms with van der Waals surface area (Å²) in [7, 11) is 0. The molecule has 0 aliphatic carbocycles. The van der Waals surface area contributed by atoms with Gasteiger partial charge in [0.2, 0.25) is 0 Å². The first-order valence-corrected chi connectivity index (χ1v) is 9.61. The van der Waals surface area contributed by atoms with Gasteiger partial charge >= 0.3 is 0 Å². The molecule has 1 N–H and O–H groups in total. The van der Waals surface area contributed by atoms with Gasteiger partial charge in [0.25, 0.3) is 5.91 Å². The maximum absolute atomic E-state index is 13.1. The number of carbonyl (C=O) groups is 1. The molecule has 0 saturated carbocycles. The fraction of sp³-hybridized carbons (Fsp3) is 0.526.